The number of aliphatic hydroxyl groups excluding tert-OH is 1. The maximum absolute atomic E-state index is 12.9. The molecule has 1 aromatic carbocycles. The van der Waals surface area contributed by atoms with Crippen LogP contribution in [0.4, 0.5) is 10.1 Å². The minimum absolute atomic E-state index is 0.0936. The molecule has 0 aliphatic carbocycles. The third kappa shape index (κ3) is 2.66. The minimum Gasteiger partial charge on any atom is -0.512 e. The molecule has 0 saturated heterocycles. The van der Waals surface area contributed by atoms with E-state index >= 15 is 0 Å². The quantitative estimate of drug-likeness (QED) is 0.380. The summed E-state index contributed by atoms with van der Waals surface area (Å²) in [5.41, 5.74) is -0.829. The Hall–Kier alpha value is -2.24. The van der Waals surface area contributed by atoms with Crippen LogP contribution in [0.15, 0.2) is 24.0 Å². The fourth-order valence-electron chi connectivity index (χ4n) is 1.51. The third-order valence-electron chi connectivity index (χ3n) is 2.14. The molecular weight excluding hydrogens is 229 g/mol. The number of rotatable bonds is 3. The first-order valence-corrected chi connectivity index (χ1v) is 4.69. The molecule has 0 saturated carbocycles. The van der Waals surface area contributed by atoms with Gasteiger partial charge in [-0.1, -0.05) is 0 Å². The number of nitro benzene ring substituents is 1. The van der Waals surface area contributed by atoms with Crippen molar-refractivity contribution in [1.29, 1.82) is 0 Å². The van der Waals surface area contributed by atoms with Crippen LogP contribution in [0.2, 0.25) is 0 Å². The molecule has 1 N–H and O–H groups in total. The molecule has 0 aliphatic rings. The fourth-order valence-corrected chi connectivity index (χ4v) is 1.51. The van der Waals surface area contributed by atoms with Crippen molar-refractivity contribution in [2.24, 2.45) is 0 Å². The summed E-state index contributed by atoms with van der Waals surface area (Å²) in [5.74, 6) is -1.65. The van der Waals surface area contributed by atoms with E-state index in [0.717, 1.165) is 12.1 Å². The van der Waals surface area contributed by atoms with Crippen molar-refractivity contribution in [1.82, 2.24) is 0 Å². The second-order valence-electron chi connectivity index (χ2n) is 3.44. The topological polar surface area (TPSA) is 80.4 Å². The number of nitro groups is 1. The molecule has 1 aromatic rings. The van der Waals surface area contributed by atoms with Crippen molar-refractivity contribution in [2.45, 2.75) is 13.8 Å². The number of carbonyl (C=O) groups excluding carboxylic acids is 1. The van der Waals surface area contributed by atoms with Gasteiger partial charge in [-0.2, -0.15) is 0 Å². The molecule has 0 radical (unpaired) electrons. The molecule has 0 aliphatic heterocycles. The van der Waals surface area contributed by atoms with E-state index in [2.05, 4.69) is 0 Å². The van der Waals surface area contributed by atoms with Crippen molar-refractivity contribution >= 4 is 17.0 Å². The van der Waals surface area contributed by atoms with Crippen LogP contribution in [0.25, 0.3) is 5.57 Å². The Morgan fingerprint density at radius 1 is 1.41 bits per heavy atom. The number of aliphatic hydroxyl groups is 1. The summed E-state index contributed by atoms with van der Waals surface area (Å²) in [5, 5.41) is 20.1. The number of hydrogen-bond acceptors (Lipinski definition) is 4. The van der Waals surface area contributed by atoms with Crippen LogP contribution in [-0.2, 0) is 4.79 Å². The van der Waals surface area contributed by atoms with E-state index in [1.807, 2.05) is 0 Å². The molecule has 17 heavy (non-hydrogen) atoms. The lowest BCUT2D eigenvalue weighted by molar-refractivity contribution is -0.385. The molecular formula is C11H10FNO4. The number of ketones is 1. The Bertz CT molecular complexity index is 518. The van der Waals surface area contributed by atoms with Gasteiger partial charge in [0, 0.05) is 0 Å². The number of nitrogens with zero attached hydrogens (tertiary/aromatic N) is 1. The average Bonchev–Trinajstić information content (AvgIpc) is 2.19. The Morgan fingerprint density at radius 2 is 2.00 bits per heavy atom. The summed E-state index contributed by atoms with van der Waals surface area (Å²) in [7, 11) is 0. The highest BCUT2D eigenvalue weighted by molar-refractivity contribution is 6.21. The van der Waals surface area contributed by atoms with Crippen LogP contribution in [-0.4, -0.2) is 15.8 Å². The molecule has 90 valence electrons. The van der Waals surface area contributed by atoms with Gasteiger partial charge in [-0.05, 0) is 26.0 Å². The van der Waals surface area contributed by atoms with E-state index in [4.69, 9.17) is 0 Å². The zero-order chi connectivity index (χ0) is 13.2. The van der Waals surface area contributed by atoms with Gasteiger partial charge in [0.05, 0.1) is 22.1 Å². The van der Waals surface area contributed by atoms with Crippen molar-refractivity contribution in [3.05, 3.63) is 45.5 Å². The summed E-state index contributed by atoms with van der Waals surface area (Å²) in [6, 6.07) is 2.80. The number of hydrogen-bond donors (Lipinski definition) is 1. The zero-order valence-corrected chi connectivity index (χ0v) is 9.23. The molecule has 0 atom stereocenters. The molecule has 0 unspecified atom stereocenters. The second-order valence-corrected chi connectivity index (χ2v) is 3.44. The summed E-state index contributed by atoms with van der Waals surface area (Å²) < 4.78 is 12.9. The first-order valence-electron chi connectivity index (χ1n) is 4.69. The van der Waals surface area contributed by atoms with Crippen molar-refractivity contribution < 1.29 is 19.2 Å². The van der Waals surface area contributed by atoms with Crippen LogP contribution in [0.1, 0.15) is 19.4 Å². The molecule has 0 spiro atoms. The normalized spacial score (nSPS) is 11.9. The average molecular weight is 239 g/mol. The number of halogens is 1. The monoisotopic (exact) mass is 239 g/mol. The first kappa shape index (κ1) is 12.8. The molecule has 0 bridgehead atoms. The standard InChI is InChI=1S/C11H10FNO4/c1-6(14)11(7(2)15)9-4-3-8(12)5-10(9)13(16)17/h3-5,14H,1-2H3. The maximum atomic E-state index is 12.9. The highest BCUT2D eigenvalue weighted by Crippen LogP contribution is 2.29. The molecule has 0 aromatic heterocycles. The molecule has 6 heteroatoms. The van der Waals surface area contributed by atoms with Crippen molar-refractivity contribution in [2.75, 3.05) is 0 Å². The predicted molar refractivity (Wildman–Crippen MR) is 59.0 cm³/mol. The number of carbonyl (C=O) groups is 1. The van der Waals surface area contributed by atoms with Crippen molar-refractivity contribution in [3.8, 4) is 0 Å². The van der Waals surface area contributed by atoms with Gasteiger partial charge in [-0.15, -0.1) is 0 Å². The van der Waals surface area contributed by atoms with E-state index in [-0.39, 0.29) is 16.9 Å². The smallest absolute Gasteiger partial charge is 0.280 e. The lowest BCUT2D eigenvalue weighted by atomic mass is 9.99. The third-order valence-corrected chi connectivity index (χ3v) is 2.14. The van der Waals surface area contributed by atoms with E-state index in [0.29, 0.717) is 6.07 Å². The highest BCUT2D eigenvalue weighted by Gasteiger charge is 2.22. The van der Waals surface area contributed by atoms with Crippen LogP contribution in [0.5, 0.6) is 0 Å². The molecule has 1 rings (SSSR count). The molecule has 5 nitrogen and oxygen atoms in total. The summed E-state index contributed by atoms with van der Waals surface area (Å²) in [4.78, 5) is 21.3. The van der Waals surface area contributed by atoms with Crippen LogP contribution in [0.3, 0.4) is 0 Å². The fraction of sp³-hybridized carbons (Fsp3) is 0.182. The Kier molecular flexibility index (Phi) is 3.57. The van der Waals surface area contributed by atoms with Crippen LogP contribution < -0.4 is 0 Å². The van der Waals surface area contributed by atoms with E-state index in [1.54, 1.807) is 0 Å². The second kappa shape index (κ2) is 4.73. The van der Waals surface area contributed by atoms with Gasteiger partial charge in [-0.3, -0.25) is 14.9 Å². The van der Waals surface area contributed by atoms with Gasteiger partial charge in [0.1, 0.15) is 11.6 Å². The lowest BCUT2D eigenvalue weighted by Crippen LogP contribution is -2.03. The van der Waals surface area contributed by atoms with Gasteiger partial charge in [-0.25, -0.2) is 4.39 Å². The van der Waals surface area contributed by atoms with Gasteiger partial charge in [0.25, 0.3) is 5.69 Å². The van der Waals surface area contributed by atoms with Gasteiger partial charge in [0.15, 0.2) is 5.78 Å². The van der Waals surface area contributed by atoms with Crippen molar-refractivity contribution in [3.63, 3.8) is 0 Å². The number of Topliss-reactive ketones (excluding diaryl/α,β-unsaturated/α-hetero) is 1. The largest absolute Gasteiger partial charge is 0.512 e. The van der Waals surface area contributed by atoms with Crippen LogP contribution in [0, 0.1) is 15.9 Å². The Labute approximate surface area is 96.3 Å². The summed E-state index contributed by atoms with van der Waals surface area (Å²) in [6.45, 7) is 2.41. The first-order chi connectivity index (χ1) is 7.84. The van der Waals surface area contributed by atoms with Gasteiger partial charge < -0.3 is 5.11 Å². The zero-order valence-electron chi connectivity index (χ0n) is 9.23. The Morgan fingerprint density at radius 3 is 2.41 bits per heavy atom. The highest BCUT2D eigenvalue weighted by atomic mass is 19.1. The summed E-state index contributed by atoms with van der Waals surface area (Å²) in [6.07, 6.45) is 0. The Balaban J connectivity index is 3.56. The lowest BCUT2D eigenvalue weighted by Gasteiger charge is -2.06. The van der Waals surface area contributed by atoms with Gasteiger partial charge in [0.2, 0.25) is 0 Å². The van der Waals surface area contributed by atoms with E-state index in [1.165, 1.54) is 13.8 Å². The maximum Gasteiger partial charge on any atom is 0.280 e. The molecule has 0 amide bonds. The predicted octanol–water partition coefficient (Wildman–Crippen LogP) is 2.61. The molecule has 0 heterocycles. The van der Waals surface area contributed by atoms with E-state index < -0.39 is 22.2 Å². The van der Waals surface area contributed by atoms with Gasteiger partial charge >= 0.3 is 0 Å². The number of allylic oxidation sites excluding steroid dienone is 2. The van der Waals surface area contributed by atoms with Crippen LogP contribution >= 0.6 is 0 Å². The van der Waals surface area contributed by atoms with E-state index in [9.17, 15) is 24.4 Å². The number of benzene rings is 1. The SMILES string of the molecule is CC(=O)C(=C(C)O)c1ccc(F)cc1[N+](=O)[O-]. The minimum atomic E-state index is -0.801. The molecule has 0 fully saturated rings. The summed E-state index contributed by atoms with van der Waals surface area (Å²) >= 11 is 0.